The predicted molar refractivity (Wildman–Crippen MR) is 70.2 cm³/mol. The van der Waals surface area contributed by atoms with Crippen molar-refractivity contribution in [1.29, 1.82) is 0 Å². The summed E-state index contributed by atoms with van der Waals surface area (Å²) in [6.07, 6.45) is 2.08. The van der Waals surface area contributed by atoms with E-state index in [2.05, 4.69) is 34.1 Å². The second-order valence-electron chi connectivity index (χ2n) is 4.47. The number of aliphatic carboxylic acids is 1. The van der Waals surface area contributed by atoms with Gasteiger partial charge in [-0.05, 0) is 43.5 Å². The molecule has 1 N–H and O–H groups in total. The first-order valence-electron chi connectivity index (χ1n) is 5.85. The molecule has 1 fully saturated rings. The van der Waals surface area contributed by atoms with Crippen LogP contribution in [0.4, 0.5) is 0 Å². The van der Waals surface area contributed by atoms with Crippen LogP contribution >= 0.6 is 15.9 Å². The van der Waals surface area contributed by atoms with Crippen LogP contribution in [-0.2, 0) is 4.79 Å². The molecule has 1 heterocycles. The number of nitrogens with zero attached hydrogens (tertiary/aromatic N) is 1. The number of halogens is 1. The van der Waals surface area contributed by atoms with E-state index in [-0.39, 0.29) is 6.54 Å². The van der Waals surface area contributed by atoms with E-state index in [1.807, 2.05) is 11.0 Å². The Bertz CT molecular complexity index is 400. The van der Waals surface area contributed by atoms with E-state index in [4.69, 9.17) is 5.11 Å². The molecule has 3 nitrogen and oxygen atoms in total. The van der Waals surface area contributed by atoms with Crippen LogP contribution in [0.25, 0.3) is 0 Å². The standard InChI is InChI=1S/C13H16BrNO2/c14-12-4-2-1-3-11(12)10-5-7-15(8-6-10)9-13(16)17/h1-4,10H,5-9H2,(H,16,17). The summed E-state index contributed by atoms with van der Waals surface area (Å²) in [6, 6.07) is 8.30. The first-order chi connectivity index (χ1) is 8.16. The molecule has 4 heteroatoms. The highest BCUT2D eigenvalue weighted by molar-refractivity contribution is 9.10. The summed E-state index contributed by atoms with van der Waals surface area (Å²) < 4.78 is 1.16. The third-order valence-corrected chi connectivity index (χ3v) is 4.01. The summed E-state index contributed by atoms with van der Waals surface area (Å²) >= 11 is 3.58. The van der Waals surface area contributed by atoms with Gasteiger partial charge in [-0.3, -0.25) is 9.69 Å². The van der Waals surface area contributed by atoms with Crippen LogP contribution in [0.3, 0.4) is 0 Å². The van der Waals surface area contributed by atoms with E-state index in [0.29, 0.717) is 5.92 Å². The lowest BCUT2D eigenvalue weighted by molar-refractivity contribution is -0.138. The number of carboxylic acids is 1. The molecular weight excluding hydrogens is 282 g/mol. The fourth-order valence-electron chi connectivity index (χ4n) is 2.40. The Morgan fingerprint density at radius 1 is 1.35 bits per heavy atom. The van der Waals surface area contributed by atoms with E-state index >= 15 is 0 Å². The molecule has 0 aliphatic carbocycles. The summed E-state index contributed by atoms with van der Waals surface area (Å²) in [5, 5.41) is 8.74. The maximum absolute atomic E-state index is 10.6. The maximum atomic E-state index is 10.6. The molecule has 92 valence electrons. The quantitative estimate of drug-likeness (QED) is 0.932. The molecule has 2 rings (SSSR count). The summed E-state index contributed by atoms with van der Waals surface area (Å²) in [4.78, 5) is 12.6. The van der Waals surface area contributed by atoms with Crippen molar-refractivity contribution < 1.29 is 9.90 Å². The number of piperidine rings is 1. The SMILES string of the molecule is O=C(O)CN1CCC(c2ccccc2Br)CC1. The smallest absolute Gasteiger partial charge is 0.317 e. The van der Waals surface area contributed by atoms with Crippen molar-refractivity contribution in [2.24, 2.45) is 0 Å². The Kier molecular flexibility index (Phi) is 4.18. The lowest BCUT2D eigenvalue weighted by Gasteiger charge is -2.31. The van der Waals surface area contributed by atoms with Crippen molar-refractivity contribution in [2.45, 2.75) is 18.8 Å². The predicted octanol–water partition coefficient (Wildman–Crippen LogP) is 2.71. The number of rotatable bonds is 3. The van der Waals surface area contributed by atoms with Gasteiger partial charge in [0.25, 0.3) is 0 Å². The second kappa shape index (κ2) is 5.65. The average Bonchev–Trinajstić information content (AvgIpc) is 2.30. The van der Waals surface area contributed by atoms with E-state index in [1.54, 1.807) is 0 Å². The van der Waals surface area contributed by atoms with Gasteiger partial charge in [-0.15, -0.1) is 0 Å². The molecule has 1 aromatic carbocycles. The topological polar surface area (TPSA) is 40.5 Å². The zero-order chi connectivity index (χ0) is 12.3. The van der Waals surface area contributed by atoms with Crippen LogP contribution in [0.1, 0.15) is 24.3 Å². The van der Waals surface area contributed by atoms with E-state index < -0.39 is 5.97 Å². The third kappa shape index (κ3) is 3.30. The third-order valence-electron chi connectivity index (χ3n) is 3.29. The zero-order valence-corrected chi connectivity index (χ0v) is 11.2. The molecular formula is C13H16BrNO2. The lowest BCUT2D eigenvalue weighted by atomic mass is 9.89. The molecule has 1 aliphatic heterocycles. The number of hydrogen-bond donors (Lipinski definition) is 1. The van der Waals surface area contributed by atoms with Crippen molar-refractivity contribution in [3.8, 4) is 0 Å². The van der Waals surface area contributed by atoms with E-state index in [9.17, 15) is 4.79 Å². The van der Waals surface area contributed by atoms with Crippen LogP contribution < -0.4 is 0 Å². The molecule has 1 aromatic rings. The van der Waals surface area contributed by atoms with Gasteiger partial charge in [0.05, 0.1) is 6.54 Å². The molecule has 0 unspecified atom stereocenters. The van der Waals surface area contributed by atoms with Gasteiger partial charge in [0.1, 0.15) is 0 Å². The first-order valence-corrected chi connectivity index (χ1v) is 6.64. The zero-order valence-electron chi connectivity index (χ0n) is 9.60. The molecule has 0 amide bonds. The van der Waals surface area contributed by atoms with Gasteiger partial charge in [0.15, 0.2) is 0 Å². The fraction of sp³-hybridized carbons (Fsp3) is 0.462. The maximum Gasteiger partial charge on any atom is 0.317 e. The number of benzene rings is 1. The lowest BCUT2D eigenvalue weighted by Crippen LogP contribution is -2.36. The van der Waals surface area contributed by atoms with Crippen molar-refractivity contribution >= 4 is 21.9 Å². The highest BCUT2D eigenvalue weighted by atomic mass is 79.9. The number of likely N-dealkylation sites (tertiary alicyclic amines) is 1. The van der Waals surface area contributed by atoms with Crippen molar-refractivity contribution in [2.75, 3.05) is 19.6 Å². The highest BCUT2D eigenvalue weighted by Gasteiger charge is 2.22. The summed E-state index contributed by atoms with van der Waals surface area (Å²) in [7, 11) is 0. The van der Waals surface area contributed by atoms with Crippen LogP contribution in [0, 0.1) is 0 Å². The molecule has 1 saturated heterocycles. The minimum absolute atomic E-state index is 0.169. The van der Waals surface area contributed by atoms with Gasteiger partial charge < -0.3 is 5.11 Å². The Morgan fingerprint density at radius 3 is 2.59 bits per heavy atom. The number of carbonyl (C=O) groups is 1. The normalized spacial score (nSPS) is 18.2. The average molecular weight is 298 g/mol. The van der Waals surface area contributed by atoms with Crippen LogP contribution in [0.5, 0.6) is 0 Å². The number of carboxylic acid groups (broad SMARTS) is 1. The fourth-order valence-corrected chi connectivity index (χ4v) is 3.01. The molecule has 17 heavy (non-hydrogen) atoms. The van der Waals surface area contributed by atoms with Crippen molar-refractivity contribution in [3.05, 3.63) is 34.3 Å². The van der Waals surface area contributed by atoms with Gasteiger partial charge in [-0.1, -0.05) is 34.1 Å². The van der Waals surface area contributed by atoms with Gasteiger partial charge in [0.2, 0.25) is 0 Å². The molecule has 0 atom stereocenters. The first kappa shape index (κ1) is 12.6. The van der Waals surface area contributed by atoms with Crippen molar-refractivity contribution in [3.63, 3.8) is 0 Å². The van der Waals surface area contributed by atoms with E-state index in [1.165, 1.54) is 5.56 Å². The minimum atomic E-state index is -0.732. The van der Waals surface area contributed by atoms with Crippen molar-refractivity contribution in [1.82, 2.24) is 4.90 Å². The van der Waals surface area contributed by atoms with Gasteiger partial charge in [-0.25, -0.2) is 0 Å². The van der Waals surface area contributed by atoms with Gasteiger partial charge in [-0.2, -0.15) is 0 Å². The second-order valence-corrected chi connectivity index (χ2v) is 5.32. The summed E-state index contributed by atoms with van der Waals surface area (Å²) in [6.45, 7) is 1.92. The largest absolute Gasteiger partial charge is 0.480 e. The Labute approximate surface area is 110 Å². The van der Waals surface area contributed by atoms with Gasteiger partial charge >= 0.3 is 5.97 Å². The summed E-state index contributed by atoms with van der Waals surface area (Å²) in [5.74, 6) is -0.181. The van der Waals surface area contributed by atoms with E-state index in [0.717, 1.165) is 30.4 Å². The molecule has 0 aromatic heterocycles. The minimum Gasteiger partial charge on any atom is -0.480 e. The monoisotopic (exact) mass is 297 g/mol. The Morgan fingerprint density at radius 2 is 2.00 bits per heavy atom. The van der Waals surface area contributed by atoms with Gasteiger partial charge in [0, 0.05) is 4.47 Å². The van der Waals surface area contributed by atoms with Crippen LogP contribution in [0.15, 0.2) is 28.7 Å². The Hall–Kier alpha value is -0.870. The van der Waals surface area contributed by atoms with Crippen LogP contribution in [-0.4, -0.2) is 35.6 Å². The molecule has 1 aliphatic rings. The van der Waals surface area contributed by atoms with Crippen LogP contribution in [0.2, 0.25) is 0 Å². The highest BCUT2D eigenvalue weighted by Crippen LogP contribution is 2.32. The molecule has 0 saturated carbocycles. The number of hydrogen-bond acceptors (Lipinski definition) is 2. The molecule has 0 bridgehead atoms. The summed E-state index contributed by atoms with van der Waals surface area (Å²) in [5.41, 5.74) is 1.35. The Balaban J connectivity index is 1.95. The molecule has 0 radical (unpaired) electrons. The molecule has 0 spiro atoms.